The van der Waals surface area contributed by atoms with Crippen molar-refractivity contribution < 1.29 is 0 Å². The van der Waals surface area contributed by atoms with Gasteiger partial charge >= 0.3 is 0 Å². The largest absolute Gasteiger partial charge is 0.133 e. The molecule has 0 bridgehead atoms. The van der Waals surface area contributed by atoms with Gasteiger partial charge in [0.05, 0.1) is 15.2 Å². The quantitative estimate of drug-likeness (QED) is 0.250. The summed E-state index contributed by atoms with van der Waals surface area (Å²) in [6, 6.07) is 0. The van der Waals surface area contributed by atoms with E-state index in [-0.39, 0.29) is 0 Å². The molecule has 0 rings (SSSR count). The zero-order valence-electron chi connectivity index (χ0n) is 23.9. The van der Waals surface area contributed by atoms with Crippen molar-refractivity contribution in [1.82, 2.24) is 0 Å². The Morgan fingerprint density at radius 2 is 0.448 bits per heavy atom. The first kappa shape index (κ1) is 30.1. The lowest BCUT2D eigenvalue weighted by Crippen LogP contribution is -2.87. The van der Waals surface area contributed by atoms with Gasteiger partial charge in [-0.05, 0) is 30.2 Å². The van der Waals surface area contributed by atoms with Crippen LogP contribution in [0, 0.1) is 0 Å². The Balaban J connectivity index is 8.22. The van der Waals surface area contributed by atoms with Crippen LogP contribution in [0.4, 0.5) is 0 Å². The van der Waals surface area contributed by atoms with Crippen LogP contribution in [0.3, 0.4) is 0 Å². The van der Waals surface area contributed by atoms with E-state index in [1.807, 2.05) is 0 Å². The maximum absolute atomic E-state index is 4.91. The molecule has 0 aliphatic carbocycles. The normalized spacial score (nSPS) is 17.0. The summed E-state index contributed by atoms with van der Waals surface area (Å²) >= 11 is 4.91. The Labute approximate surface area is 197 Å². The van der Waals surface area contributed by atoms with E-state index in [0.717, 1.165) is 0 Å². The van der Waals surface area contributed by atoms with E-state index in [9.17, 15) is 0 Å². The van der Waals surface area contributed by atoms with E-state index < -0.39 is 20.9 Å². The molecule has 0 saturated heterocycles. The van der Waals surface area contributed by atoms with E-state index in [1.54, 1.807) is 0 Å². The summed E-state index contributed by atoms with van der Waals surface area (Å²) in [4.78, 5) is 0. The van der Waals surface area contributed by atoms with Gasteiger partial charge < -0.3 is 0 Å². The standard InChI is InChI=1S/C25H57BrSi3/c1-20(2,3)28(21(4,5)6,22(7,8)9)27(19,26)29(23(10,11)12,24(13,14)15)25(16,17)18/h1-19H3. The third kappa shape index (κ3) is 4.01. The molecule has 0 radical (unpaired) electrons. The minimum absolute atomic E-state index is 0.313. The lowest BCUT2D eigenvalue weighted by atomic mass is 10.2. The van der Waals surface area contributed by atoms with Crippen LogP contribution in [0.25, 0.3) is 0 Å². The third-order valence-electron chi connectivity index (χ3n) is 8.16. The fourth-order valence-corrected chi connectivity index (χ4v) is 118. The molecule has 0 atom stereocenters. The van der Waals surface area contributed by atoms with E-state index in [2.05, 4.69) is 131 Å². The second kappa shape index (κ2) is 7.58. The minimum Gasteiger partial charge on any atom is -0.133 e. The molecule has 0 N–H and O–H groups in total. The van der Waals surface area contributed by atoms with Gasteiger partial charge in [0, 0.05) is 0 Å². The van der Waals surface area contributed by atoms with Crippen LogP contribution >= 0.6 is 15.3 Å². The molecule has 0 spiro atoms. The highest BCUT2D eigenvalue weighted by atomic mass is 79.9. The minimum atomic E-state index is -1.98. The monoisotopic (exact) mass is 520 g/mol. The van der Waals surface area contributed by atoms with Gasteiger partial charge in [-0.15, -0.1) is 15.3 Å². The van der Waals surface area contributed by atoms with Crippen LogP contribution in [0.5, 0.6) is 0 Å². The molecule has 0 heterocycles. The highest BCUT2D eigenvalue weighted by Gasteiger charge is 2.80. The molecular weight excluding hydrogens is 464 g/mol. The number of rotatable bonds is 2. The summed E-state index contributed by atoms with van der Waals surface area (Å²) in [5.41, 5.74) is -1.98. The molecule has 0 aromatic rings. The molecule has 0 aromatic heterocycles. The Hall–Kier alpha value is 1.13. The second-order valence-electron chi connectivity index (χ2n) is 16.0. The molecule has 0 amide bonds. The average Bonchev–Trinajstić information content (AvgIpc) is 2.12. The van der Waals surface area contributed by atoms with Gasteiger partial charge in [0.25, 0.3) is 0 Å². The summed E-state index contributed by atoms with van der Waals surface area (Å²) in [6.45, 7) is 49.5. The Kier molecular flexibility index (Phi) is 7.88. The predicted molar refractivity (Wildman–Crippen MR) is 150 cm³/mol. The fraction of sp³-hybridized carbons (Fsp3) is 1.00. The van der Waals surface area contributed by atoms with Crippen LogP contribution < -0.4 is 0 Å². The van der Waals surface area contributed by atoms with Gasteiger partial charge in [-0.3, -0.25) is 0 Å². The Morgan fingerprint density at radius 3 is 0.517 bits per heavy atom. The van der Waals surface area contributed by atoms with Crippen molar-refractivity contribution in [1.29, 1.82) is 0 Å². The molecule has 0 aliphatic rings. The fourth-order valence-electron chi connectivity index (χ4n) is 11.3. The average molecular weight is 522 g/mol. The SMILES string of the molecule is CC(C)(C)[Si](C(C)(C)C)(C(C)(C)C)[Si](C)(Br)[Si](C(C)(C)C)(C(C)(C)C)C(C)(C)C. The van der Waals surface area contributed by atoms with Gasteiger partial charge in [-0.2, -0.15) is 0 Å². The number of hydrogen-bond acceptors (Lipinski definition) is 0. The van der Waals surface area contributed by atoms with Crippen LogP contribution in [-0.4, -0.2) is 20.9 Å². The molecule has 176 valence electrons. The predicted octanol–water partition coefficient (Wildman–Crippen LogP) is 10.8. The van der Waals surface area contributed by atoms with Crippen molar-refractivity contribution >= 4 is 36.2 Å². The van der Waals surface area contributed by atoms with Gasteiger partial charge in [0.2, 0.25) is 0 Å². The summed E-state index contributed by atoms with van der Waals surface area (Å²) in [5, 5.41) is 1.88. The van der Waals surface area contributed by atoms with Gasteiger partial charge in [0.1, 0.15) is 5.73 Å². The Morgan fingerprint density at radius 1 is 0.345 bits per heavy atom. The maximum atomic E-state index is 4.91. The second-order valence-corrected chi connectivity index (χ2v) is 51.2. The molecule has 0 aliphatic heterocycles. The zero-order valence-corrected chi connectivity index (χ0v) is 28.5. The summed E-state index contributed by atoms with van der Waals surface area (Å²) in [5.74, 6) is 0. The summed E-state index contributed by atoms with van der Waals surface area (Å²) < 4.78 is 0. The van der Waals surface area contributed by atoms with Crippen molar-refractivity contribution in [2.24, 2.45) is 0 Å². The first-order valence-electron chi connectivity index (χ1n) is 11.7. The summed E-state index contributed by atoms with van der Waals surface area (Å²) in [6.07, 6.45) is 0. The van der Waals surface area contributed by atoms with Gasteiger partial charge in [-0.25, -0.2) is 0 Å². The van der Waals surface area contributed by atoms with Crippen LogP contribution in [0.2, 0.25) is 36.8 Å². The Bertz CT molecular complexity index is 452. The van der Waals surface area contributed by atoms with E-state index >= 15 is 0 Å². The van der Waals surface area contributed by atoms with Crippen LogP contribution in [0.15, 0.2) is 0 Å². The van der Waals surface area contributed by atoms with Crippen LogP contribution in [0.1, 0.15) is 125 Å². The van der Waals surface area contributed by atoms with E-state index in [1.165, 1.54) is 0 Å². The van der Waals surface area contributed by atoms with Crippen molar-refractivity contribution in [2.45, 2.75) is 161 Å². The van der Waals surface area contributed by atoms with Gasteiger partial charge in [0.15, 0.2) is 0 Å². The van der Waals surface area contributed by atoms with E-state index in [4.69, 9.17) is 15.3 Å². The summed E-state index contributed by atoms with van der Waals surface area (Å²) in [7, 11) is -3.95. The molecule has 0 fully saturated rings. The number of halogens is 1. The molecule has 0 unspecified atom stereocenters. The highest BCUT2D eigenvalue weighted by Crippen LogP contribution is 2.75. The number of hydrogen-bond donors (Lipinski definition) is 0. The van der Waals surface area contributed by atoms with E-state index in [0.29, 0.717) is 30.2 Å². The molecule has 29 heavy (non-hydrogen) atoms. The maximum Gasteiger partial charge on any atom is 0.115 e. The lowest BCUT2D eigenvalue weighted by molar-refractivity contribution is 0.542. The van der Waals surface area contributed by atoms with Crippen LogP contribution in [-0.2, 0) is 0 Å². The van der Waals surface area contributed by atoms with Crippen molar-refractivity contribution in [3.8, 4) is 0 Å². The smallest absolute Gasteiger partial charge is 0.115 e. The first-order chi connectivity index (χ1) is 12.0. The van der Waals surface area contributed by atoms with Crippen molar-refractivity contribution in [3.63, 3.8) is 0 Å². The topological polar surface area (TPSA) is 0 Å². The molecular formula is C25H57BrSi3. The molecule has 4 heteroatoms. The molecule has 0 saturated carbocycles. The lowest BCUT2D eigenvalue weighted by Gasteiger charge is -2.75. The first-order valence-corrected chi connectivity index (χ1v) is 22.4. The molecule has 0 nitrogen and oxygen atoms in total. The van der Waals surface area contributed by atoms with Gasteiger partial charge in [-0.1, -0.05) is 131 Å². The van der Waals surface area contributed by atoms with Crippen molar-refractivity contribution in [3.05, 3.63) is 0 Å². The highest BCUT2D eigenvalue weighted by molar-refractivity contribution is 9.29. The molecule has 0 aromatic carbocycles. The van der Waals surface area contributed by atoms with Crippen molar-refractivity contribution in [2.75, 3.05) is 0 Å². The zero-order chi connectivity index (χ0) is 24.5. The third-order valence-corrected chi connectivity index (χ3v) is 63.9.